The van der Waals surface area contributed by atoms with Crippen LogP contribution in [0.4, 0.5) is 10.1 Å². The number of rotatable bonds is 2. The van der Waals surface area contributed by atoms with Gasteiger partial charge in [-0.1, -0.05) is 12.1 Å². The predicted molar refractivity (Wildman–Crippen MR) is 77.6 cm³/mol. The van der Waals surface area contributed by atoms with Crippen molar-refractivity contribution in [2.75, 3.05) is 11.4 Å². The average molecular weight is 280 g/mol. The van der Waals surface area contributed by atoms with Crippen LogP contribution >= 0.6 is 0 Å². The number of halogens is 1. The van der Waals surface area contributed by atoms with Crippen molar-refractivity contribution in [1.82, 2.24) is 0 Å². The van der Waals surface area contributed by atoms with Crippen LogP contribution in [0.5, 0.6) is 0 Å². The van der Waals surface area contributed by atoms with Gasteiger partial charge in [0.2, 0.25) is 0 Å². The lowest BCUT2D eigenvalue weighted by molar-refractivity contribution is 0.0979. The van der Waals surface area contributed by atoms with Crippen molar-refractivity contribution in [3.63, 3.8) is 0 Å². The minimum absolute atomic E-state index is 0.126. The fourth-order valence-corrected chi connectivity index (χ4v) is 2.65. The minimum Gasteiger partial charge on any atom is -0.366 e. The summed E-state index contributed by atoms with van der Waals surface area (Å²) in [4.78, 5) is 13.9. The summed E-state index contributed by atoms with van der Waals surface area (Å²) in [6.45, 7) is 1.00. The first-order valence-electron chi connectivity index (χ1n) is 6.75. The summed E-state index contributed by atoms with van der Waals surface area (Å²) < 4.78 is 13.4. The van der Waals surface area contributed by atoms with Crippen molar-refractivity contribution in [2.24, 2.45) is 0 Å². The van der Waals surface area contributed by atoms with E-state index in [0.717, 1.165) is 5.69 Å². The van der Waals surface area contributed by atoms with Crippen molar-refractivity contribution < 1.29 is 9.18 Å². The van der Waals surface area contributed by atoms with E-state index in [-0.39, 0.29) is 11.6 Å². The Kier molecular flexibility index (Phi) is 3.41. The fourth-order valence-electron chi connectivity index (χ4n) is 2.65. The molecule has 1 aliphatic heterocycles. The highest BCUT2D eigenvalue weighted by atomic mass is 19.1. The van der Waals surface area contributed by atoms with Crippen LogP contribution in [0.15, 0.2) is 42.5 Å². The lowest BCUT2D eigenvalue weighted by atomic mass is 9.99. The van der Waals surface area contributed by atoms with E-state index in [2.05, 4.69) is 6.07 Å². The number of anilines is 1. The van der Waals surface area contributed by atoms with Crippen LogP contribution in [-0.4, -0.2) is 12.3 Å². The third-order valence-corrected chi connectivity index (χ3v) is 3.70. The summed E-state index contributed by atoms with van der Waals surface area (Å²) in [6.07, 6.45) is 0.439. The number of nitriles is 1. The highest BCUT2D eigenvalue weighted by Crippen LogP contribution is 2.28. The lowest BCUT2D eigenvalue weighted by Crippen LogP contribution is -2.31. The Hall–Kier alpha value is -2.67. The second kappa shape index (κ2) is 5.37. The Bertz CT molecular complexity index is 749. The molecule has 1 aliphatic rings. The third-order valence-electron chi connectivity index (χ3n) is 3.70. The molecule has 0 fully saturated rings. The normalized spacial score (nSPS) is 13.7. The summed E-state index contributed by atoms with van der Waals surface area (Å²) in [5, 5.41) is 9.13. The topological polar surface area (TPSA) is 44.1 Å². The Balaban J connectivity index is 1.97. The first-order valence-corrected chi connectivity index (χ1v) is 6.75. The molecule has 0 aliphatic carbocycles. The van der Waals surface area contributed by atoms with Gasteiger partial charge in [0.15, 0.2) is 5.78 Å². The molecule has 0 atom stereocenters. The average Bonchev–Trinajstić information content (AvgIpc) is 2.51. The summed E-state index contributed by atoms with van der Waals surface area (Å²) in [5.41, 5.74) is 2.65. The molecule has 0 saturated heterocycles. The molecule has 3 rings (SSSR count). The van der Waals surface area contributed by atoms with E-state index in [1.54, 1.807) is 6.07 Å². The Morgan fingerprint density at radius 3 is 2.86 bits per heavy atom. The molecule has 0 aromatic heterocycles. The van der Waals surface area contributed by atoms with E-state index in [4.69, 9.17) is 5.26 Å². The van der Waals surface area contributed by atoms with Crippen LogP contribution in [-0.2, 0) is 6.54 Å². The van der Waals surface area contributed by atoms with E-state index in [1.807, 2.05) is 23.1 Å². The van der Waals surface area contributed by atoms with Crippen LogP contribution < -0.4 is 4.90 Å². The van der Waals surface area contributed by atoms with E-state index in [9.17, 15) is 9.18 Å². The zero-order chi connectivity index (χ0) is 14.8. The smallest absolute Gasteiger partial charge is 0.166 e. The minimum atomic E-state index is -0.356. The quantitative estimate of drug-likeness (QED) is 0.848. The highest BCUT2D eigenvalue weighted by molar-refractivity contribution is 6.03. The molecule has 3 nitrogen and oxygen atoms in total. The Labute approximate surface area is 122 Å². The summed E-state index contributed by atoms with van der Waals surface area (Å²) in [6, 6.07) is 13.7. The van der Waals surface area contributed by atoms with Crippen molar-refractivity contribution in [3.05, 3.63) is 65.0 Å². The highest BCUT2D eigenvalue weighted by Gasteiger charge is 2.23. The molecular weight excluding hydrogens is 267 g/mol. The molecule has 21 heavy (non-hydrogen) atoms. The molecule has 0 spiro atoms. The zero-order valence-electron chi connectivity index (χ0n) is 11.3. The SMILES string of the molecule is N#Cc1ccc(F)cc1CN1CCC(=O)c2ccccc21. The number of fused-ring (bicyclic) bond motifs is 1. The first kappa shape index (κ1) is 13.3. The lowest BCUT2D eigenvalue weighted by Gasteiger charge is -2.30. The number of para-hydroxylation sites is 1. The van der Waals surface area contributed by atoms with E-state index in [0.29, 0.717) is 36.2 Å². The van der Waals surface area contributed by atoms with Crippen molar-refractivity contribution in [3.8, 4) is 6.07 Å². The molecular formula is C17H13FN2O. The van der Waals surface area contributed by atoms with Crippen LogP contribution in [0.3, 0.4) is 0 Å². The number of ketones is 1. The second-order valence-electron chi connectivity index (χ2n) is 5.03. The number of hydrogen-bond donors (Lipinski definition) is 0. The molecule has 2 aromatic rings. The van der Waals surface area contributed by atoms with Gasteiger partial charge >= 0.3 is 0 Å². The number of hydrogen-bond acceptors (Lipinski definition) is 3. The number of carbonyl (C=O) groups is 1. The molecule has 0 unspecified atom stereocenters. The second-order valence-corrected chi connectivity index (χ2v) is 5.03. The molecule has 1 heterocycles. The van der Waals surface area contributed by atoms with E-state index >= 15 is 0 Å². The van der Waals surface area contributed by atoms with E-state index in [1.165, 1.54) is 18.2 Å². The monoisotopic (exact) mass is 280 g/mol. The van der Waals surface area contributed by atoms with Gasteiger partial charge in [0, 0.05) is 30.8 Å². The molecule has 4 heteroatoms. The molecule has 0 N–H and O–H groups in total. The summed E-state index contributed by atoms with van der Waals surface area (Å²) in [7, 11) is 0. The maximum absolute atomic E-state index is 13.4. The molecule has 0 saturated carbocycles. The van der Waals surface area contributed by atoms with Crippen LogP contribution in [0, 0.1) is 17.1 Å². The number of carbonyl (C=O) groups excluding carboxylic acids is 1. The predicted octanol–water partition coefficient (Wildman–Crippen LogP) is 3.29. The molecule has 0 bridgehead atoms. The van der Waals surface area contributed by atoms with Crippen molar-refractivity contribution >= 4 is 11.5 Å². The Morgan fingerprint density at radius 1 is 1.24 bits per heavy atom. The summed E-state index contributed by atoms with van der Waals surface area (Å²) in [5.74, 6) is -0.230. The number of nitrogens with zero attached hydrogens (tertiary/aromatic N) is 2. The standard InChI is InChI=1S/C17H13FN2O/c18-14-6-5-12(10-19)13(9-14)11-20-8-7-17(21)15-3-1-2-4-16(15)20/h1-6,9H,7-8,11H2. The van der Waals surface area contributed by atoms with Gasteiger partial charge in [-0.2, -0.15) is 5.26 Å². The van der Waals surface area contributed by atoms with Gasteiger partial charge in [0.25, 0.3) is 0 Å². The zero-order valence-corrected chi connectivity index (χ0v) is 11.3. The molecule has 0 radical (unpaired) electrons. The molecule has 0 amide bonds. The van der Waals surface area contributed by atoms with Gasteiger partial charge in [-0.25, -0.2) is 4.39 Å². The van der Waals surface area contributed by atoms with Gasteiger partial charge < -0.3 is 4.90 Å². The Morgan fingerprint density at radius 2 is 2.05 bits per heavy atom. The van der Waals surface area contributed by atoms with Gasteiger partial charge in [-0.05, 0) is 35.9 Å². The van der Waals surface area contributed by atoms with Crippen molar-refractivity contribution in [1.29, 1.82) is 5.26 Å². The fraction of sp³-hybridized carbons (Fsp3) is 0.176. The third kappa shape index (κ3) is 2.50. The summed E-state index contributed by atoms with van der Waals surface area (Å²) >= 11 is 0. The van der Waals surface area contributed by atoms with Gasteiger partial charge in [-0.3, -0.25) is 4.79 Å². The largest absolute Gasteiger partial charge is 0.366 e. The maximum Gasteiger partial charge on any atom is 0.166 e. The van der Waals surface area contributed by atoms with E-state index < -0.39 is 0 Å². The van der Waals surface area contributed by atoms with Crippen molar-refractivity contribution in [2.45, 2.75) is 13.0 Å². The van der Waals surface area contributed by atoms with Gasteiger partial charge in [0.05, 0.1) is 11.6 Å². The number of benzene rings is 2. The first-order chi connectivity index (χ1) is 10.2. The van der Waals surface area contributed by atoms with Gasteiger partial charge in [-0.15, -0.1) is 0 Å². The molecule has 2 aromatic carbocycles. The maximum atomic E-state index is 13.4. The van der Waals surface area contributed by atoms with Crippen LogP contribution in [0.25, 0.3) is 0 Å². The number of Topliss-reactive ketones (excluding diaryl/α,β-unsaturated/α-hetero) is 1. The van der Waals surface area contributed by atoms with Gasteiger partial charge in [0.1, 0.15) is 5.82 Å². The molecule has 104 valence electrons. The van der Waals surface area contributed by atoms with Crippen LogP contribution in [0.2, 0.25) is 0 Å². The van der Waals surface area contributed by atoms with Crippen LogP contribution in [0.1, 0.15) is 27.9 Å².